The molecule has 4 nitrogen and oxygen atoms in total. The summed E-state index contributed by atoms with van der Waals surface area (Å²) in [6.45, 7) is 6.72. The maximum Gasteiger partial charge on any atom is 0.239 e. The third-order valence-corrected chi connectivity index (χ3v) is 3.07. The fourth-order valence-electron chi connectivity index (χ4n) is 2.22. The van der Waals surface area contributed by atoms with Gasteiger partial charge in [0, 0.05) is 26.2 Å². The topological polar surface area (TPSA) is 49.6 Å². The van der Waals surface area contributed by atoms with Crippen LogP contribution in [-0.2, 0) is 4.79 Å². The van der Waals surface area contributed by atoms with Crippen molar-refractivity contribution >= 4 is 5.91 Å². The van der Waals surface area contributed by atoms with Crippen molar-refractivity contribution in [1.29, 1.82) is 0 Å². The van der Waals surface area contributed by atoms with Gasteiger partial charge in [-0.15, -0.1) is 0 Å². The molecule has 0 aromatic rings. The summed E-state index contributed by atoms with van der Waals surface area (Å²) in [5.41, 5.74) is 5.58. The number of likely N-dealkylation sites (N-methyl/N-ethyl adjacent to an activating group) is 1. The SMILES string of the molecule is CC(C)N1CCCN(C)C(=O)C1CCN. The van der Waals surface area contributed by atoms with Crippen LogP contribution in [0.3, 0.4) is 0 Å². The second kappa shape index (κ2) is 5.47. The summed E-state index contributed by atoms with van der Waals surface area (Å²) in [4.78, 5) is 16.2. The fourth-order valence-corrected chi connectivity index (χ4v) is 2.22. The first-order chi connectivity index (χ1) is 7.07. The normalized spacial score (nSPS) is 24.7. The first kappa shape index (κ1) is 12.5. The number of hydrogen-bond acceptors (Lipinski definition) is 3. The predicted octanol–water partition coefficient (Wildman–Crippen LogP) is 0.276. The number of amides is 1. The number of nitrogens with zero attached hydrogens (tertiary/aromatic N) is 2. The second-order valence-corrected chi connectivity index (χ2v) is 4.54. The van der Waals surface area contributed by atoms with Gasteiger partial charge in [0.1, 0.15) is 0 Å². The Kier molecular flexibility index (Phi) is 4.54. The zero-order valence-corrected chi connectivity index (χ0v) is 10.1. The number of hydrogen-bond donors (Lipinski definition) is 1. The van der Waals surface area contributed by atoms with Gasteiger partial charge in [0.25, 0.3) is 0 Å². The molecule has 0 radical (unpaired) electrons. The molecule has 1 atom stereocenters. The van der Waals surface area contributed by atoms with E-state index in [0.29, 0.717) is 12.6 Å². The molecule has 1 amide bonds. The molecule has 1 aliphatic rings. The Morgan fingerprint density at radius 2 is 2.13 bits per heavy atom. The van der Waals surface area contributed by atoms with E-state index in [9.17, 15) is 4.79 Å². The molecule has 0 saturated carbocycles. The van der Waals surface area contributed by atoms with Crippen LogP contribution < -0.4 is 5.73 Å². The molecule has 1 heterocycles. The minimum atomic E-state index is -0.0116. The van der Waals surface area contributed by atoms with Gasteiger partial charge in [-0.2, -0.15) is 0 Å². The number of nitrogens with two attached hydrogens (primary N) is 1. The number of rotatable bonds is 3. The average molecular weight is 213 g/mol. The van der Waals surface area contributed by atoms with Gasteiger partial charge in [0.15, 0.2) is 0 Å². The largest absolute Gasteiger partial charge is 0.344 e. The Balaban J connectivity index is 2.80. The molecular weight excluding hydrogens is 190 g/mol. The molecule has 0 aromatic carbocycles. The van der Waals surface area contributed by atoms with Crippen LogP contribution >= 0.6 is 0 Å². The van der Waals surface area contributed by atoms with E-state index in [-0.39, 0.29) is 11.9 Å². The zero-order chi connectivity index (χ0) is 11.4. The van der Waals surface area contributed by atoms with Crippen LogP contribution in [0.15, 0.2) is 0 Å². The molecule has 15 heavy (non-hydrogen) atoms. The molecule has 0 aromatic heterocycles. The van der Waals surface area contributed by atoms with Gasteiger partial charge in [-0.05, 0) is 33.2 Å². The maximum atomic E-state index is 12.1. The summed E-state index contributed by atoms with van der Waals surface area (Å²) < 4.78 is 0. The lowest BCUT2D eigenvalue weighted by atomic mass is 10.1. The Bertz CT molecular complexity index is 218. The van der Waals surface area contributed by atoms with Crippen LogP contribution in [0, 0.1) is 0 Å². The monoisotopic (exact) mass is 213 g/mol. The van der Waals surface area contributed by atoms with Gasteiger partial charge in [0.2, 0.25) is 5.91 Å². The Labute approximate surface area is 92.4 Å². The predicted molar refractivity (Wildman–Crippen MR) is 61.6 cm³/mol. The molecule has 1 saturated heterocycles. The van der Waals surface area contributed by atoms with Gasteiger partial charge < -0.3 is 10.6 Å². The summed E-state index contributed by atoms with van der Waals surface area (Å²) in [6.07, 6.45) is 1.82. The molecule has 1 unspecified atom stereocenters. The summed E-state index contributed by atoms with van der Waals surface area (Å²) in [7, 11) is 1.88. The van der Waals surface area contributed by atoms with Gasteiger partial charge in [-0.3, -0.25) is 9.69 Å². The highest BCUT2D eigenvalue weighted by Gasteiger charge is 2.31. The van der Waals surface area contributed by atoms with E-state index < -0.39 is 0 Å². The lowest BCUT2D eigenvalue weighted by Gasteiger charge is -2.32. The summed E-state index contributed by atoms with van der Waals surface area (Å²) >= 11 is 0. The Morgan fingerprint density at radius 1 is 1.47 bits per heavy atom. The quantitative estimate of drug-likeness (QED) is 0.732. The lowest BCUT2D eigenvalue weighted by molar-refractivity contribution is -0.134. The van der Waals surface area contributed by atoms with Crippen molar-refractivity contribution in [1.82, 2.24) is 9.80 Å². The van der Waals surface area contributed by atoms with Crippen LogP contribution in [0.25, 0.3) is 0 Å². The standard InChI is InChI=1S/C11H23N3O/c1-9(2)14-8-4-7-13(3)11(15)10(14)5-6-12/h9-10H,4-8,12H2,1-3H3. The molecule has 88 valence electrons. The molecule has 0 aliphatic carbocycles. The van der Waals surface area contributed by atoms with Crippen LogP contribution in [0.5, 0.6) is 0 Å². The minimum Gasteiger partial charge on any atom is -0.344 e. The number of carbonyl (C=O) groups excluding carboxylic acids is 1. The van der Waals surface area contributed by atoms with Crippen LogP contribution in [0.2, 0.25) is 0 Å². The molecule has 2 N–H and O–H groups in total. The van der Waals surface area contributed by atoms with Crippen molar-refractivity contribution < 1.29 is 4.79 Å². The van der Waals surface area contributed by atoms with E-state index in [4.69, 9.17) is 5.73 Å². The van der Waals surface area contributed by atoms with Crippen molar-refractivity contribution in [2.24, 2.45) is 5.73 Å². The van der Waals surface area contributed by atoms with E-state index >= 15 is 0 Å². The second-order valence-electron chi connectivity index (χ2n) is 4.54. The van der Waals surface area contributed by atoms with E-state index in [1.165, 1.54) is 0 Å². The van der Waals surface area contributed by atoms with Gasteiger partial charge in [-0.25, -0.2) is 0 Å². The molecule has 0 bridgehead atoms. The van der Waals surface area contributed by atoms with Gasteiger partial charge in [-0.1, -0.05) is 0 Å². The molecular formula is C11H23N3O. The molecule has 1 rings (SSSR count). The highest BCUT2D eigenvalue weighted by Crippen LogP contribution is 2.15. The van der Waals surface area contributed by atoms with Crippen LogP contribution in [0.1, 0.15) is 26.7 Å². The first-order valence-corrected chi connectivity index (χ1v) is 5.78. The highest BCUT2D eigenvalue weighted by molar-refractivity contribution is 5.82. The van der Waals surface area contributed by atoms with E-state index in [1.807, 2.05) is 11.9 Å². The van der Waals surface area contributed by atoms with Gasteiger partial charge in [0.05, 0.1) is 6.04 Å². The lowest BCUT2D eigenvalue weighted by Crippen LogP contribution is -2.48. The van der Waals surface area contributed by atoms with Crippen molar-refractivity contribution in [3.05, 3.63) is 0 Å². The minimum absolute atomic E-state index is 0.0116. The van der Waals surface area contributed by atoms with Crippen LogP contribution in [0.4, 0.5) is 0 Å². The first-order valence-electron chi connectivity index (χ1n) is 5.78. The smallest absolute Gasteiger partial charge is 0.239 e. The Hall–Kier alpha value is -0.610. The number of carbonyl (C=O) groups is 1. The average Bonchev–Trinajstić information content (AvgIpc) is 2.31. The highest BCUT2D eigenvalue weighted by atomic mass is 16.2. The van der Waals surface area contributed by atoms with Crippen molar-refractivity contribution in [3.63, 3.8) is 0 Å². The zero-order valence-electron chi connectivity index (χ0n) is 10.1. The molecule has 1 fully saturated rings. The van der Waals surface area contributed by atoms with Crippen LogP contribution in [-0.4, -0.2) is 54.5 Å². The van der Waals surface area contributed by atoms with Gasteiger partial charge >= 0.3 is 0 Å². The van der Waals surface area contributed by atoms with Crippen molar-refractivity contribution in [2.45, 2.75) is 38.8 Å². The Morgan fingerprint density at radius 3 is 2.67 bits per heavy atom. The summed E-state index contributed by atoms with van der Waals surface area (Å²) in [5.74, 6) is 0.228. The third kappa shape index (κ3) is 2.92. The summed E-state index contributed by atoms with van der Waals surface area (Å²) in [5, 5.41) is 0. The summed E-state index contributed by atoms with van der Waals surface area (Å²) in [6, 6.07) is 0.402. The molecule has 4 heteroatoms. The van der Waals surface area contributed by atoms with E-state index in [1.54, 1.807) is 0 Å². The molecule has 1 aliphatic heterocycles. The van der Waals surface area contributed by atoms with E-state index in [0.717, 1.165) is 25.9 Å². The maximum absolute atomic E-state index is 12.1. The fraction of sp³-hybridized carbons (Fsp3) is 0.909. The van der Waals surface area contributed by atoms with Crippen molar-refractivity contribution in [2.75, 3.05) is 26.7 Å². The van der Waals surface area contributed by atoms with Crippen molar-refractivity contribution in [3.8, 4) is 0 Å². The van der Waals surface area contributed by atoms with E-state index in [2.05, 4.69) is 18.7 Å². The molecule has 0 spiro atoms. The third-order valence-electron chi connectivity index (χ3n) is 3.07.